The number of allylic oxidation sites excluding steroid dienone is 2. The van der Waals surface area contributed by atoms with E-state index in [1.54, 1.807) is 45.0 Å². The molecule has 1 aromatic rings. The summed E-state index contributed by atoms with van der Waals surface area (Å²) in [6.07, 6.45) is 0.410. The first-order chi connectivity index (χ1) is 12.6. The van der Waals surface area contributed by atoms with Crippen LogP contribution in [-0.2, 0) is 20.6 Å². The van der Waals surface area contributed by atoms with Gasteiger partial charge in [-0.05, 0) is 19.8 Å². The maximum absolute atomic E-state index is 13.8. The van der Waals surface area contributed by atoms with Crippen LogP contribution >= 0.6 is 0 Å². The van der Waals surface area contributed by atoms with Gasteiger partial charge >= 0.3 is 0 Å². The molecule has 4 atom stereocenters. The molecule has 1 fully saturated rings. The first-order valence-corrected chi connectivity index (χ1v) is 12.0. The topological polar surface area (TPSA) is 85.3 Å². The zero-order valence-corrected chi connectivity index (χ0v) is 17.2. The molecule has 0 aromatic heterocycles. The van der Waals surface area contributed by atoms with Crippen molar-refractivity contribution >= 4 is 32.2 Å². The van der Waals surface area contributed by atoms with Crippen molar-refractivity contribution in [1.82, 2.24) is 0 Å². The number of hydrogen-bond donors (Lipinski definition) is 0. The van der Waals surface area contributed by atoms with Gasteiger partial charge in [0, 0.05) is 38.0 Å². The summed E-state index contributed by atoms with van der Waals surface area (Å²) in [6, 6.07) is 6.64. The number of rotatable bonds is 2. The molecule has 144 valence electrons. The summed E-state index contributed by atoms with van der Waals surface area (Å²) in [7, 11) is -5.16. The highest BCUT2D eigenvalue weighted by molar-refractivity contribution is 7.95. The van der Waals surface area contributed by atoms with Gasteiger partial charge in [-0.3, -0.25) is 13.8 Å². The Labute approximate surface area is 161 Å². The number of ketones is 2. The molecule has 0 radical (unpaired) electrons. The standard InChI is InChI=1S/C20H22O5S2/c1-11(2)26(23)20-15-8-9-27(24,25)18(15)12(3)10-16(20)17(21)13-6-4-5-7-14(13)19(20)22/h4-7,11,15-16H,8-10H2,1-3H3/t15-,16-,20+,26+/m0/s1. The smallest absolute Gasteiger partial charge is 0.183 e. The average Bonchev–Trinajstić information content (AvgIpc) is 2.95. The van der Waals surface area contributed by atoms with E-state index in [0.29, 0.717) is 11.1 Å². The highest BCUT2D eigenvalue weighted by Crippen LogP contribution is 2.56. The monoisotopic (exact) mass is 406 g/mol. The number of carbonyl (C=O) groups is 2. The molecule has 2 aliphatic carbocycles. The van der Waals surface area contributed by atoms with Gasteiger partial charge in [-0.25, -0.2) is 8.42 Å². The van der Waals surface area contributed by atoms with Crippen LogP contribution in [0.1, 0.15) is 54.3 Å². The van der Waals surface area contributed by atoms with Crippen molar-refractivity contribution in [3.63, 3.8) is 0 Å². The molecule has 4 rings (SSSR count). The van der Waals surface area contributed by atoms with Crippen molar-refractivity contribution in [1.29, 1.82) is 0 Å². The van der Waals surface area contributed by atoms with E-state index in [9.17, 15) is 22.2 Å². The number of fused-ring (bicyclic) bond motifs is 4. The third kappa shape index (κ3) is 2.27. The van der Waals surface area contributed by atoms with E-state index in [2.05, 4.69) is 0 Å². The zero-order chi connectivity index (χ0) is 19.7. The van der Waals surface area contributed by atoms with E-state index in [0.717, 1.165) is 0 Å². The second-order valence-corrected chi connectivity index (χ2v) is 12.2. The molecular formula is C20H22O5S2. The van der Waals surface area contributed by atoms with Crippen molar-refractivity contribution in [2.75, 3.05) is 5.75 Å². The third-order valence-corrected chi connectivity index (χ3v) is 10.5. The molecule has 0 saturated carbocycles. The largest absolute Gasteiger partial charge is 0.294 e. The number of benzene rings is 1. The summed E-state index contributed by atoms with van der Waals surface area (Å²) in [5, 5.41) is -0.363. The van der Waals surface area contributed by atoms with Crippen molar-refractivity contribution < 1.29 is 22.2 Å². The molecule has 0 unspecified atom stereocenters. The molecule has 1 heterocycles. The lowest BCUT2D eigenvalue weighted by Crippen LogP contribution is -2.63. The number of carbonyl (C=O) groups excluding carboxylic acids is 2. The lowest BCUT2D eigenvalue weighted by molar-refractivity contribution is 0.0713. The summed E-state index contributed by atoms with van der Waals surface area (Å²) in [4.78, 5) is 27.4. The van der Waals surface area contributed by atoms with Crippen LogP contribution < -0.4 is 0 Å². The van der Waals surface area contributed by atoms with E-state index in [1.807, 2.05) is 0 Å². The Bertz CT molecular complexity index is 1030. The van der Waals surface area contributed by atoms with Gasteiger partial charge in [-0.15, -0.1) is 0 Å². The van der Waals surface area contributed by atoms with Crippen molar-refractivity contribution in [3.05, 3.63) is 45.9 Å². The Balaban J connectivity index is 2.08. The Hall–Kier alpha value is -1.60. The molecule has 1 aliphatic heterocycles. The maximum Gasteiger partial charge on any atom is 0.183 e. The summed E-state index contributed by atoms with van der Waals surface area (Å²) >= 11 is 0. The third-order valence-electron chi connectivity index (χ3n) is 6.16. The first-order valence-electron chi connectivity index (χ1n) is 9.15. The SMILES string of the molecule is CC1=C2[C@H](CCS2(=O)=O)[C@]2([S@](=O)C(C)C)C(=O)c3ccccc3C(=O)[C@@H]2C1. The molecule has 7 heteroatoms. The Morgan fingerprint density at radius 1 is 1.11 bits per heavy atom. The van der Waals surface area contributed by atoms with E-state index in [1.165, 1.54) is 0 Å². The second kappa shape index (κ2) is 5.95. The average molecular weight is 407 g/mol. The normalized spacial score (nSPS) is 32.9. The quantitative estimate of drug-likeness (QED) is 0.754. The van der Waals surface area contributed by atoms with Gasteiger partial charge in [-0.2, -0.15) is 0 Å². The van der Waals surface area contributed by atoms with Crippen LogP contribution in [0, 0.1) is 11.8 Å². The predicted octanol–water partition coefficient (Wildman–Crippen LogP) is 2.69. The molecule has 1 saturated heterocycles. The van der Waals surface area contributed by atoms with Gasteiger partial charge in [0.05, 0.1) is 11.7 Å². The second-order valence-electron chi connectivity index (χ2n) is 7.94. The fraction of sp³-hybridized carbons (Fsp3) is 0.500. The van der Waals surface area contributed by atoms with Gasteiger partial charge in [0.1, 0.15) is 4.75 Å². The summed E-state index contributed by atoms with van der Waals surface area (Å²) in [5.41, 5.74) is 1.27. The fourth-order valence-electron chi connectivity index (χ4n) is 5.16. The molecular weight excluding hydrogens is 384 g/mol. The van der Waals surface area contributed by atoms with E-state index < -0.39 is 37.2 Å². The molecule has 0 spiro atoms. The van der Waals surface area contributed by atoms with Crippen molar-refractivity contribution in [2.24, 2.45) is 11.8 Å². The van der Waals surface area contributed by atoms with Gasteiger partial charge in [0.15, 0.2) is 21.4 Å². The summed E-state index contributed by atoms with van der Waals surface area (Å²) < 4.78 is 37.5. The van der Waals surface area contributed by atoms with Gasteiger partial charge < -0.3 is 0 Å². The van der Waals surface area contributed by atoms with Crippen LogP contribution in [0.2, 0.25) is 0 Å². The van der Waals surface area contributed by atoms with Crippen LogP contribution in [0.25, 0.3) is 0 Å². The summed E-state index contributed by atoms with van der Waals surface area (Å²) in [5.74, 6) is -2.04. The minimum atomic E-state index is -3.48. The molecule has 0 amide bonds. The maximum atomic E-state index is 13.8. The van der Waals surface area contributed by atoms with Crippen LogP contribution in [0.5, 0.6) is 0 Å². The van der Waals surface area contributed by atoms with Crippen molar-refractivity contribution in [3.8, 4) is 0 Å². The lowest BCUT2D eigenvalue weighted by Gasteiger charge is -2.49. The van der Waals surface area contributed by atoms with E-state index in [4.69, 9.17) is 0 Å². The number of Topliss-reactive ketones (excluding diaryl/α,β-unsaturated/α-hetero) is 2. The van der Waals surface area contributed by atoms with E-state index >= 15 is 0 Å². The van der Waals surface area contributed by atoms with Crippen LogP contribution in [0.4, 0.5) is 0 Å². The van der Waals surface area contributed by atoms with Crippen LogP contribution in [-0.4, -0.2) is 39.9 Å². The van der Waals surface area contributed by atoms with Crippen LogP contribution in [0.15, 0.2) is 34.7 Å². The Kier molecular flexibility index (Phi) is 4.13. The minimum Gasteiger partial charge on any atom is -0.294 e. The lowest BCUT2D eigenvalue weighted by atomic mass is 9.62. The molecule has 27 heavy (non-hydrogen) atoms. The fourth-order valence-corrected chi connectivity index (χ4v) is 9.42. The molecule has 3 aliphatic rings. The minimum absolute atomic E-state index is 0.0583. The van der Waals surface area contributed by atoms with E-state index in [-0.39, 0.29) is 45.9 Å². The zero-order valence-electron chi connectivity index (χ0n) is 15.5. The molecule has 5 nitrogen and oxygen atoms in total. The highest BCUT2D eigenvalue weighted by Gasteiger charge is 2.67. The number of sulfone groups is 1. The van der Waals surface area contributed by atoms with Crippen LogP contribution in [0.3, 0.4) is 0 Å². The predicted molar refractivity (Wildman–Crippen MR) is 104 cm³/mol. The van der Waals surface area contributed by atoms with Gasteiger partial charge in [0.2, 0.25) is 0 Å². The Morgan fingerprint density at radius 2 is 1.74 bits per heavy atom. The Morgan fingerprint density at radius 3 is 2.37 bits per heavy atom. The number of hydrogen-bond acceptors (Lipinski definition) is 5. The molecule has 0 N–H and O–H groups in total. The molecule has 0 bridgehead atoms. The first kappa shape index (κ1) is 18.7. The summed E-state index contributed by atoms with van der Waals surface area (Å²) in [6.45, 7) is 5.24. The van der Waals surface area contributed by atoms with Crippen molar-refractivity contribution in [2.45, 2.75) is 43.6 Å². The molecule has 1 aromatic carbocycles. The highest BCUT2D eigenvalue weighted by atomic mass is 32.2. The van der Waals surface area contributed by atoms with Gasteiger partial charge in [-0.1, -0.05) is 43.7 Å². The van der Waals surface area contributed by atoms with Gasteiger partial charge in [0.25, 0.3) is 0 Å².